The maximum absolute atomic E-state index is 5.83. The first-order valence-corrected chi connectivity index (χ1v) is 6.62. The fourth-order valence-corrected chi connectivity index (χ4v) is 1.77. The van der Waals surface area contributed by atoms with Gasteiger partial charge >= 0.3 is 0 Å². The van der Waals surface area contributed by atoms with Gasteiger partial charge in [0.2, 0.25) is 0 Å². The summed E-state index contributed by atoms with van der Waals surface area (Å²) in [5.41, 5.74) is 7.75. The Kier molecular flexibility index (Phi) is 3.60. The van der Waals surface area contributed by atoms with Gasteiger partial charge in [-0.3, -0.25) is 0 Å². The first-order valence-electron chi connectivity index (χ1n) is 6.62. The van der Waals surface area contributed by atoms with Crippen molar-refractivity contribution in [2.75, 3.05) is 17.6 Å². The number of nitrogens with two attached hydrogens (primary N) is 1. The van der Waals surface area contributed by atoms with Gasteiger partial charge in [-0.2, -0.15) is 0 Å². The van der Waals surface area contributed by atoms with Gasteiger partial charge in [0.25, 0.3) is 0 Å². The van der Waals surface area contributed by atoms with E-state index in [1.54, 1.807) is 6.33 Å². The molecular formula is C15H22N4. The zero-order valence-corrected chi connectivity index (χ0v) is 12.1. The van der Waals surface area contributed by atoms with Gasteiger partial charge in [0.1, 0.15) is 12.1 Å². The highest BCUT2D eigenvalue weighted by atomic mass is 15.0. The van der Waals surface area contributed by atoms with Gasteiger partial charge in [0.05, 0.1) is 5.52 Å². The maximum Gasteiger partial charge on any atom is 0.137 e. The van der Waals surface area contributed by atoms with Crippen LogP contribution in [-0.4, -0.2) is 16.5 Å². The molecule has 0 aliphatic heterocycles. The molecule has 0 radical (unpaired) electrons. The Morgan fingerprint density at radius 3 is 2.68 bits per heavy atom. The molecule has 1 aromatic carbocycles. The van der Waals surface area contributed by atoms with Crippen LogP contribution in [0.3, 0.4) is 0 Å². The fraction of sp³-hybridized carbons (Fsp3) is 0.467. The second-order valence-electron chi connectivity index (χ2n) is 6.15. The first-order chi connectivity index (χ1) is 8.88. The van der Waals surface area contributed by atoms with Gasteiger partial charge in [0, 0.05) is 17.6 Å². The SMILES string of the molecule is CC(CNc1ncnc2ccc(N)cc12)C(C)(C)C. The van der Waals surface area contributed by atoms with Crippen LogP contribution in [0.4, 0.5) is 11.5 Å². The quantitative estimate of drug-likeness (QED) is 0.829. The standard InChI is InChI=1S/C15H22N4/c1-10(15(2,3)4)8-17-14-12-7-11(16)5-6-13(12)18-9-19-14/h5-7,9-10H,8,16H2,1-4H3,(H,17,18,19). The number of nitrogens with zero attached hydrogens (tertiary/aromatic N) is 2. The molecular weight excluding hydrogens is 236 g/mol. The molecule has 4 heteroatoms. The number of anilines is 2. The molecule has 0 fully saturated rings. The summed E-state index contributed by atoms with van der Waals surface area (Å²) in [5.74, 6) is 1.40. The van der Waals surface area contributed by atoms with Crippen molar-refractivity contribution in [3.8, 4) is 0 Å². The van der Waals surface area contributed by atoms with Gasteiger partial charge in [-0.05, 0) is 29.5 Å². The van der Waals surface area contributed by atoms with Gasteiger partial charge < -0.3 is 11.1 Å². The smallest absolute Gasteiger partial charge is 0.137 e. The molecule has 102 valence electrons. The van der Waals surface area contributed by atoms with Crippen molar-refractivity contribution in [3.63, 3.8) is 0 Å². The van der Waals surface area contributed by atoms with Crippen LogP contribution in [0.1, 0.15) is 27.7 Å². The molecule has 2 aromatic rings. The predicted octanol–water partition coefficient (Wildman–Crippen LogP) is 3.31. The van der Waals surface area contributed by atoms with Crippen LogP contribution in [0.2, 0.25) is 0 Å². The van der Waals surface area contributed by atoms with E-state index in [4.69, 9.17) is 5.73 Å². The minimum atomic E-state index is 0.273. The largest absolute Gasteiger partial charge is 0.399 e. The van der Waals surface area contributed by atoms with E-state index < -0.39 is 0 Å². The van der Waals surface area contributed by atoms with E-state index in [1.807, 2.05) is 18.2 Å². The maximum atomic E-state index is 5.83. The third-order valence-electron chi connectivity index (χ3n) is 3.71. The third kappa shape index (κ3) is 3.13. The number of aromatic nitrogens is 2. The molecule has 0 amide bonds. The van der Waals surface area contributed by atoms with Crippen molar-refractivity contribution in [1.29, 1.82) is 0 Å². The number of rotatable bonds is 3. The topological polar surface area (TPSA) is 63.8 Å². The number of nitrogen functional groups attached to an aromatic ring is 1. The normalized spacial score (nSPS) is 13.5. The number of fused-ring (bicyclic) bond motifs is 1. The van der Waals surface area contributed by atoms with Crippen LogP contribution < -0.4 is 11.1 Å². The molecule has 4 nitrogen and oxygen atoms in total. The van der Waals surface area contributed by atoms with Crippen molar-refractivity contribution in [2.45, 2.75) is 27.7 Å². The Bertz CT molecular complexity index is 572. The summed E-state index contributed by atoms with van der Waals surface area (Å²) in [6.45, 7) is 9.86. The summed E-state index contributed by atoms with van der Waals surface area (Å²) in [7, 11) is 0. The predicted molar refractivity (Wildman–Crippen MR) is 81.1 cm³/mol. The second-order valence-corrected chi connectivity index (χ2v) is 6.15. The minimum absolute atomic E-state index is 0.273. The van der Waals surface area contributed by atoms with E-state index in [2.05, 4.69) is 43.0 Å². The molecule has 0 saturated carbocycles. The fourth-order valence-electron chi connectivity index (χ4n) is 1.77. The zero-order chi connectivity index (χ0) is 14.0. The lowest BCUT2D eigenvalue weighted by molar-refractivity contribution is 0.274. The van der Waals surface area contributed by atoms with Crippen molar-refractivity contribution in [3.05, 3.63) is 24.5 Å². The Morgan fingerprint density at radius 2 is 2.00 bits per heavy atom. The number of hydrogen-bond donors (Lipinski definition) is 2. The van der Waals surface area contributed by atoms with E-state index in [9.17, 15) is 0 Å². The van der Waals surface area contributed by atoms with E-state index >= 15 is 0 Å². The van der Waals surface area contributed by atoms with Crippen LogP contribution in [0.5, 0.6) is 0 Å². The molecule has 2 rings (SSSR count). The molecule has 0 saturated heterocycles. The molecule has 1 heterocycles. The van der Waals surface area contributed by atoms with E-state index in [0.717, 1.165) is 29.0 Å². The lowest BCUT2D eigenvalue weighted by Crippen LogP contribution is -2.25. The molecule has 1 unspecified atom stereocenters. The summed E-state index contributed by atoms with van der Waals surface area (Å²) >= 11 is 0. The Morgan fingerprint density at radius 1 is 1.26 bits per heavy atom. The lowest BCUT2D eigenvalue weighted by Gasteiger charge is -2.27. The molecule has 0 aliphatic carbocycles. The van der Waals surface area contributed by atoms with Crippen LogP contribution >= 0.6 is 0 Å². The van der Waals surface area contributed by atoms with Crippen molar-refractivity contribution in [2.24, 2.45) is 11.3 Å². The van der Waals surface area contributed by atoms with Gasteiger partial charge in [0.15, 0.2) is 0 Å². The summed E-state index contributed by atoms with van der Waals surface area (Å²) in [4.78, 5) is 8.58. The molecule has 1 atom stereocenters. The van der Waals surface area contributed by atoms with Crippen LogP contribution in [0, 0.1) is 11.3 Å². The molecule has 19 heavy (non-hydrogen) atoms. The number of hydrogen-bond acceptors (Lipinski definition) is 4. The summed E-state index contributed by atoms with van der Waals surface area (Å²) in [5, 5.41) is 4.39. The van der Waals surface area contributed by atoms with E-state index in [1.165, 1.54) is 0 Å². The Hall–Kier alpha value is -1.84. The van der Waals surface area contributed by atoms with Crippen molar-refractivity contribution < 1.29 is 0 Å². The highest BCUT2D eigenvalue weighted by Gasteiger charge is 2.19. The van der Waals surface area contributed by atoms with Gasteiger partial charge in [-0.1, -0.05) is 27.7 Å². The van der Waals surface area contributed by atoms with Crippen LogP contribution in [0.25, 0.3) is 10.9 Å². The average Bonchev–Trinajstić information content (AvgIpc) is 2.34. The van der Waals surface area contributed by atoms with Crippen molar-refractivity contribution in [1.82, 2.24) is 9.97 Å². The molecule has 0 bridgehead atoms. The number of nitrogens with one attached hydrogen (secondary N) is 1. The zero-order valence-electron chi connectivity index (χ0n) is 12.1. The minimum Gasteiger partial charge on any atom is -0.399 e. The Balaban J connectivity index is 2.23. The third-order valence-corrected chi connectivity index (χ3v) is 3.71. The molecule has 0 aliphatic rings. The average molecular weight is 258 g/mol. The summed E-state index contributed by atoms with van der Waals surface area (Å²) in [6.07, 6.45) is 1.59. The molecule has 1 aromatic heterocycles. The monoisotopic (exact) mass is 258 g/mol. The highest BCUT2D eigenvalue weighted by Crippen LogP contribution is 2.27. The molecule has 0 spiro atoms. The second kappa shape index (κ2) is 5.03. The lowest BCUT2D eigenvalue weighted by atomic mass is 9.82. The summed E-state index contributed by atoms with van der Waals surface area (Å²) in [6, 6.07) is 5.70. The summed E-state index contributed by atoms with van der Waals surface area (Å²) < 4.78 is 0. The van der Waals surface area contributed by atoms with Gasteiger partial charge in [-0.15, -0.1) is 0 Å². The van der Waals surface area contributed by atoms with E-state index in [-0.39, 0.29) is 5.41 Å². The Labute approximate surface area is 114 Å². The van der Waals surface area contributed by atoms with Crippen molar-refractivity contribution >= 4 is 22.4 Å². The number of benzene rings is 1. The van der Waals surface area contributed by atoms with Crippen LogP contribution in [-0.2, 0) is 0 Å². The van der Waals surface area contributed by atoms with Gasteiger partial charge in [-0.25, -0.2) is 9.97 Å². The van der Waals surface area contributed by atoms with E-state index in [0.29, 0.717) is 5.92 Å². The van der Waals surface area contributed by atoms with Crippen LogP contribution in [0.15, 0.2) is 24.5 Å². The highest BCUT2D eigenvalue weighted by molar-refractivity contribution is 5.91. The first kappa shape index (κ1) is 13.6. The molecule has 3 N–H and O–H groups in total.